The number of aliphatic hydroxyl groups is 1. The Bertz CT molecular complexity index is 1090. The summed E-state index contributed by atoms with van der Waals surface area (Å²) in [5.41, 5.74) is 4.80. The van der Waals surface area contributed by atoms with Crippen molar-refractivity contribution in [3.05, 3.63) is 93.9 Å². The molecule has 6 heteroatoms. The Balaban J connectivity index is 1.80. The molecule has 0 spiro atoms. The van der Waals surface area contributed by atoms with Crippen molar-refractivity contribution in [1.29, 1.82) is 0 Å². The molecule has 1 aromatic heterocycles. The molecule has 0 unspecified atom stereocenters. The molecule has 2 atom stereocenters. The molecule has 5 nitrogen and oxygen atoms in total. The molecule has 2 heterocycles. The van der Waals surface area contributed by atoms with Gasteiger partial charge in [0, 0.05) is 35.4 Å². The summed E-state index contributed by atoms with van der Waals surface area (Å²) in [6.45, 7) is 12.0. The maximum absolute atomic E-state index is 11.7. The highest BCUT2D eigenvalue weighted by Gasteiger charge is 2.32. The van der Waals surface area contributed by atoms with Crippen LogP contribution in [0.15, 0.2) is 60.8 Å². The number of benzene rings is 2. The number of nitrogens with zero attached hydrogens (tertiary/aromatic N) is 3. The zero-order chi connectivity index (χ0) is 21.8. The number of ether oxygens (including phenoxy) is 1. The van der Waals surface area contributed by atoms with E-state index >= 15 is 0 Å². The Morgan fingerprint density at radius 2 is 1.94 bits per heavy atom. The lowest BCUT2D eigenvalue weighted by molar-refractivity contribution is -0.0237. The average molecular weight is 434 g/mol. The predicted molar refractivity (Wildman–Crippen MR) is 122 cm³/mol. The fraction of sp³-hybridized carbons (Fsp3) is 0.280. The van der Waals surface area contributed by atoms with Crippen LogP contribution in [0, 0.1) is 13.5 Å². The number of hydrogen-bond donors (Lipinski definition) is 1. The predicted octanol–water partition coefficient (Wildman–Crippen LogP) is 5.37. The largest absolute Gasteiger partial charge is 0.386 e. The molecule has 0 bridgehead atoms. The van der Waals surface area contributed by atoms with Gasteiger partial charge < -0.3 is 9.84 Å². The van der Waals surface area contributed by atoms with Gasteiger partial charge in [0.25, 0.3) is 0 Å². The van der Waals surface area contributed by atoms with Gasteiger partial charge in [0.05, 0.1) is 31.5 Å². The van der Waals surface area contributed by atoms with E-state index in [0.29, 0.717) is 42.7 Å². The zero-order valence-electron chi connectivity index (χ0n) is 17.3. The Morgan fingerprint density at radius 3 is 2.68 bits per heavy atom. The van der Waals surface area contributed by atoms with E-state index in [9.17, 15) is 5.11 Å². The van der Waals surface area contributed by atoms with Crippen LogP contribution in [0.2, 0.25) is 5.02 Å². The lowest BCUT2D eigenvalue weighted by Crippen LogP contribution is -2.41. The van der Waals surface area contributed by atoms with Crippen LogP contribution in [0.25, 0.3) is 16.1 Å². The first kappa shape index (κ1) is 21.5. The van der Waals surface area contributed by atoms with Gasteiger partial charge in [-0.05, 0) is 42.3 Å². The molecule has 0 saturated carbocycles. The van der Waals surface area contributed by atoms with E-state index in [1.165, 1.54) is 0 Å². The van der Waals surface area contributed by atoms with E-state index in [4.69, 9.17) is 22.9 Å². The summed E-state index contributed by atoms with van der Waals surface area (Å²) in [6, 6.07) is 16.7. The monoisotopic (exact) mass is 433 g/mol. The van der Waals surface area contributed by atoms with Crippen LogP contribution >= 0.6 is 11.6 Å². The molecule has 0 radical (unpaired) electrons. The van der Waals surface area contributed by atoms with Crippen LogP contribution in [-0.2, 0) is 4.74 Å². The van der Waals surface area contributed by atoms with Crippen LogP contribution in [0.3, 0.4) is 0 Å². The highest BCUT2D eigenvalue weighted by Crippen LogP contribution is 2.39. The first-order valence-electron chi connectivity index (χ1n) is 10.3. The van der Waals surface area contributed by atoms with Crippen LogP contribution in [0.4, 0.5) is 5.69 Å². The minimum Gasteiger partial charge on any atom is -0.386 e. The molecule has 0 aliphatic carbocycles. The van der Waals surface area contributed by atoms with Crippen molar-refractivity contribution in [1.82, 2.24) is 9.88 Å². The summed E-state index contributed by atoms with van der Waals surface area (Å²) in [7, 11) is 0. The Kier molecular flexibility index (Phi) is 6.64. The van der Waals surface area contributed by atoms with E-state index in [1.807, 2.05) is 55.5 Å². The van der Waals surface area contributed by atoms with Crippen molar-refractivity contribution in [3.8, 4) is 11.3 Å². The van der Waals surface area contributed by atoms with Crippen molar-refractivity contribution in [2.75, 3.05) is 26.3 Å². The second-order valence-electron chi connectivity index (χ2n) is 7.70. The molecular formula is C25H24ClN3O2. The Labute approximate surface area is 187 Å². The van der Waals surface area contributed by atoms with Gasteiger partial charge in [-0.1, -0.05) is 41.9 Å². The Hall–Kier alpha value is -2.75. The third-order valence-corrected chi connectivity index (χ3v) is 5.77. The van der Waals surface area contributed by atoms with Crippen molar-refractivity contribution in [2.45, 2.75) is 19.1 Å². The fourth-order valence-electron chi connectivity index (χ4n) is 4.17. The molecule has 1 N–H and O–H groups in total. The molecular weight excluding hydrogens is 410 g/mol. The second kappa shape index (κ2) is 9.59. The number of hydrogen-bond acceptors (Lipinski definition) is 4. The van der Waals surface area contributed by atoms with E-state index in [1.54, 1.807) is 12.3 Å². The molecule has 0 amide bonds. The summed E-state index contributed by atoms with van der Waals surface area (Å²) in [5.74, 6) is 0. The van der Waals surface area contributed by atoms with Crippen LogP contribution in [0.5, 0.6) is 0 Å². The number of halogens is 1. The molecule has 2 aromatic carbocycles. The quantitative estimate of drug-likeness (QED) is 0.550. The number of pyridine rings is 1. The van der Waals surface area contributed by atoms with Gasteiger partial charge in [-0.2, -0.15) is 0 Å². The molecule has 4 rings (SSSR count). The normalized spacial score (nSPS) is 16.5. The summed E-state index contributed by atoms with van der Waals surface area (Å²) in [5, 5.41) is 12.3. The van der Waals surface area contributed by atoms with E-state index in [0.717, 1.165) is 22.3 Å². The topological polar surface area (TPSA) is 50.0 Å². The number of aromatic nitrogens is 1. The highest BCUT2D eigenvalue weighted by molar-refractivity contribution is 6.30. The Morgan fingerprint density at radius 1 is 1.13 bits per heavy atom. The smallest absolute Gasteiger partial charge is 0.187 e. The standard InChI is InChI=1S/C25H24ClN3O2/c1-17-13-19(15-20(26)14-17)23-22(7-4-8-28-23)25(30)24(29-9-11-31-12-10-29)18-5-3-6-21(16-18)27-2/h3-8,13-16,24-25,30H,9-12H2,1H3/t24-,25+/m0/s1. The van der Waals surface area contributed by atoms with Gasteiger partial charge in [0.1, 0.15) is 6.10 Å². The first-order chi connectivity index (χ1) is 15.1. The maximum Gasteiger partial charge on any atom is 0.187 e. The summed E-state index contributed by atoms with van der Waals surface area (Å²) in [4.78, 5) is 10.4. The number of aryl methyl sites for hydroxylation is 1. The summed E-state index contributed by atoms with van der Waals surface area (Å²) >= 11 is 6.30. The van der Waals surface area contributed by atoms with Gasteiger partial charge in [0.2, 0.25) is 0 Å². The second-order valence-corrected chi connectivity index (χ2v) is 8.14. The van der Waals surface area contributed by atoms with Crippen LogP contribution < -0.4 is 0 Å². The van der Waals surface area contributed by atoms with E-state index < -0.39 is 6.10 Å². The van der Waals surface area contributed by atoms with E-state index in [2.05, 4.69) is 14.7 Å². The zero-order valence-corrected chi connectivity index (χ0v) is 18.1. The lowest BCUT2D eigenvalue weighted by Gasteiger charge is -2.38. The lowest BCUT2D eigenvalue weighted by atomic mass is 9.91. The molecule has 158 valence electrons. The maximum atomic E-state index is 11.7. The summed E-state index contributed by atoms with van der Waals surface area (Å²) in [6.07, 6.45) is 0.882. The molecule has 1 aliphatic rings. The van der Waals surface area contributed by atoms with Gasteiger partial charge in [-0.25, -0.2) is 4.85 Å². The summed E-state index contributed by atoms with van der Waals surface area (Å²) < 4.78 is 5.54. The van der Waals surface area contributed by atoms with Crippen molar-refractivity contribution < 1.29 is 9.84 Å². The third kappa shape index (κ3) is 4.79. The van der Waals surface area contributed by atoms with Gasteiger partial charge >= 0.3 is 0 Å². The van der Waals surface area contributed by atoms with E-state index in [-0.39, 0.29) is 6.04 Å². The van der Waals surface area contributed by atoms with Crippen molar-refractivity contribution >= 4 is 17.3 Å². The average Bonchev–Trinajstić information content (AvgIpc) is 2.79. The van der Waals surface area contributed by atoms with Crippen molar-refractivity contribution in [3.63, 3.8) is 0 Å². The number of aliphatic hydroxyl groups excluding tert-OH is 1. The third-order valence-electron chi connectivity index (χ3n) is 5.55. The fourth-order valence-corrected chi connectivity index (χ4v) is 4.46. The first-order valence-corrected chi connectivity index (χ1v) is 10.6. The number of morpholine rings is 1. The molecule has 31 heavy (non-hydrogen) atoms. The SMILES string of the molecule is [C-]#[N+]c1cccc([C@@H]([C@H](O)c2cccnc2-c2cc(C)cc(Cl)c2)N2CCOCC2)c1. The van der Waals surface area contributed by atoms with Gasteiger partial charge in [-0.3, -0.25) is 9.88 Å². The minimum absolute atomic E-state index is 0.325. The van der Waals surface area contributed by atoms with Crippen LogP contribution in [0.1, 0.15) is 28.8 Å². The van der Waals surface area contributed by atoms with Gasteiger partial charge in [0.15, 0.2) is 5.69 Å². The van der Waals surface area contributed by atoms with Crippen LogP contribution in [-0.4, -0.2) is 41.3 Å². The number of rotatable bonds is 5. The molecule has 1 fully saturated rings. The minimum atomic E-state index is -0.845. The molecule has 3 aromatic rings. The molecule has 1 aliphatic heterocycles. The van der Waals surface area contributed by atoms with Crippen molar-refractivity contribution in [2.24, 2.45) is 0 Å². The van der Waals surface area contributed by atoms with Gasteiger partial charge in [-0.15, -0.1) is 0 Å². The highest BCUT2D eigenvalue weighted by atomic mass is 35.5. The molecule has 1 saturated heterocycles.